The normalized spacial score (nSPS) is 39.3. The van der Waals surface area contributed by atoms with E-state index in [2.05, 4.69) is 13.8 Å². The lowest BCUT2D eigenvalue weighted by atomic mass is 9.39. The molecule has 0 heterocycles. The molecule has 0 spiro atoms. The van der Waals surface area contributed by atoms with Crippen LogP contribution in [0.2, 0.25) is 0 Å². The number of methoxy groups -OCH3 is 1. The number of ketones is 2. The molecule has 0 N–H and O–H groups in total. The van der Waals surface area contributed by atoms with Gasteiger partial charge in [-0.2, -0.15) is 0 Å². The molecular formula is C29H40O9. The van der Waals surface area contributed by atoms with Crippen molar-refractivity contribution < 1.29 is 42.9 Å². The molecule has 210 valence electrons. The third-order valence-electron chi connectivity index (χ3n) is 10.3. The summed E-state index contributed by atoms with van der Waals surface area (Å²) >= 11 is 0. The van der Waals surface area contributed by atoms with Crippen molar-refractivity contribution in [1.29, 1.82) is 0 Å². The topological polar surface area (TPSA) is 114 Å². The van der Waals surface area contributed by atoms with E-state index >= 15 is 0 Å². The minimum Gasteiger partial charge on any atom is -0.435 e. The van der Waals surface area contributed by atoms with E-state index in [0.717, 1.165) is 18.4 Å². The number of Topliss-reactive ketones (excluding diaryl/α,β-unsaturated/α-hetero) is 1. The number of hydrogen-bond donors (Lipinski definition) is 0. The van der Waals surface area contributed by atoms with E-state index < -0.39 is 41.1 Å². The van der Waals surface area contributed by atoms with Crippen LogP contribution in [-0.2, 0) is 33.3 Å². The summed E-state index contributed by atoms with van der Waals surface area (Å²) in [7, 11) is 1.67. The smallest absolute Gasteiger partial charge is 0.435 e. The van der Waals surface area contributed by atoms with Crippen LogP contribution >= 0.6 is 0 Å². The summed E-state index contributed by atoms with van der Waals surface area (Å²) in [5, 5.41) is 0. The van der Waals surface area contributed by atoms with Crippen molar-refractivity contribution in [1.82, 2.24) is 0 Å². The first-order chi connectivity index (χ1) is 17.9. The van der Waals surface area contributed by atoms with Gasteiger partial charge >= 0.3 is 12.3 Å². The van der Waals surface area contributed by atoms with Crippen molar-refractivity contribution in [2.45, 2.75) is 78.4 Å². The largest absolute Gasteiger partial charge is 0.509 e. The first-order valence-electron chi connectivity index (χ1n) is 13.6. The second kappa shape index (κ2) is 10.1. The molecule has 7 unspecified atom stereocenters. The lowest BCUT2D eigenvalue weighted by Gasteiger charge is -2.66. The summed E-state index contributed by atoms with van der Waals surface area (Å²) in [5.41, 5.74) is -2.00. The fraction of sp³-hybridized carbons (Fsp3) is 0.724. The van der Waals surface area contributed by atoms with Crippen LogP contribution in [0.1, 0.15) is 66.7 Å². The Morgan fingerprint density at radius 1 is 0.974 bits per heavy atom. The molecule has 4 rings (SSSR count). The Morgan fingerprint density at radius 3 is 2.32 bits per heavy atom. The van der Waals surface area contributed by atoms with Gasteiger partial charge < -0.3 is 23.7 Å². The van der Waals surface area contributed by atoms with Crippen LogP contribution in [0.3, 0.4) is 0 Å². The van der Waals surface area contributed by atoms with Gasteiger partial charge in [0.05, 0.1) is 19.3 Å². The molecule has 7 atom stereocenters. The lowest BCUT2D eigenvalue weighted by Crippen LogP contribution is -2.67. The second-order valence-electron chi connectivity index (χ2n) is 11.5. The quantitative estimate of drug-likeness (QED) is 0.420. The third kappa shape index (κ3) is 4.00. The van der Waals surface area contributed by atoms with E-state index in [1.807, 2.05) is 13.0 Å². The van der Waals surface area contributed by atoms with Crippen LogP contribution in [-0.4, -0.2) is 62.5 Å². The highest BCUT2D eigenvalue weighted by atomic mass is 16.7. The molecule has 0 aromatic rings. The summed E-state index contributed by atoms with van der Waals surface area (Å²) in [6.07, 6.45) is 6.23. The lowest BCUT2D eigenvalue weighted by molar-refractivity contribution is -0.215. The first-order valence-corrected chi connectivity index (χ1v) is 13.6. The summed E-state index contributed by atoms with van der Waals surface area (Å²) in [6.45, 7) is 9.35. The maximum absolute atomic E-state index is 13.9. The fourth-order valence-electron chi connectivity index (χ4n) is 8.29. The molecule has 0 radical (unpaired) electrons. The second-order valence-corrected chi connectivity index (χ2v) is 11.5. The van der Waals surface area contributed by atoms with Gasteiger partial charge in [0.2, 0.25) is 5.78 Å². The molecule has 0 aliphatic heterocycles. The Hall–Kier alpha value is -2.68. The molecule has 3 fully saturated rings. The van der Waals surface area contributed by atoms with Crippen molar-refractivity contribution in [3.8, 4) is 0 Å². The van der Waals surface area contributed by atoms with Crippen LogP contribution in [0.25, 0.3) is 0 Å². The van der Waals surface area contributed by atoms with Crippen molar-refractivity contribution >= 4 is 23.9 Å². The van der Waals surface area contributed by atoms with Crippen LogP contribution in [0.15, 0.2) is 23.8 Å². The van der Waals surface area contributed by atoms with Crippen molar-refractivity contribution in [3.05, 3.63) is 23.8 Å². The summed E-state index contributed by atoms with van der Waals surface area (Å²) in [6, 6.07) is 0. The van der Waals surface area contributed by atoms with Gasteiger partial charge in [-0.05, 0) is 69.9 Å². The van der Waals surface area contributed by atoms with Gasteiger partial charge in [0, 0.05) is 23.4 Å². The Labute approximate surface area is 224 Å². The SMILES string of the molecule is CCOC(=O)OCC(=O)C1(OC(=O)OCC)CCC2C3CCC4=CC(=O)C=CC4(C)C3(C)C(OC)CC21C. The van der Waals surface area contributed by atoms with E-state index in [1.54, 1.807) is 33.1 Å². The van der Waals surface area contributed by atoms with Gasteiger partial charge in [-0.1, -0.05) is 32.4 Å². The minimum absolute atomic E-state index is 0.00376. The highest BCUT2D eigenvalue weighted by Crippen LogP contribution is 2.72. The van der Waals surface area contributed by atoms with E-state index in [-0.39, 0.29) is 48.8 Å². The van der Waals surface area contributed by atoms with Crippen LogP contribution in [0, 0.1) is 28.1 Å². The van der Waals surface area contributed by atoms with Crippen LogP contribution < -0.4 is 0 Å². The molecule has 38 heavy (non-hydrogen) atoms. The predicted octanol–water partition coefficient (Wildman–Crippen LogP) is 4.96. The molecule has 0 saturated heterocycles. The molecule has 0 bridgehead atoms. The van der Waals surface area contributed by atoms with Gasteiger partial charge in [-0.3, -0.25) is 9.59 Å². The average molecular weight is 533 g/mol. The Morgan fingerprint density at radius 2 is 1.66 bits per heavy atom. The highest BCUT2D eigenvalue weighted by molar-refractivity contribution is 6.01. The fourth-order valence-corrected chi connectivity index (χ4v) is 8.29. The zero-order valence-corrected chi connectivity index (χ0v) is 23.3. The molecular weight excluding hydrogens is 492 g/mol. The highest BCUT2D eigenvalue weighted by Gasteiger charge is 2.74. The van der Waals surface area contributed by atoms with Gasteiger partial charge in [-0.25, -0.2) is 9.59 Å². The van der Waals surface area contributed by atoms with Crippen molar-refractivity contribution in [2.75, 3.05) is 26.9 Å². The molecule has 0 aromatic heterocycles. The zero-order chi connectivity index (χ0) is 27.9. The molecule has 9 heteroatoms. The Kier molecular flexibility index (Phi) is 7.55. The molecule has 3 saturated carbocycles. The maximum Gasteiger partial charge on any atom is 0.509 e. The number of hydrogen-bond acceptors (Lipinski definition) is 9. The van der Waals surface area contributed by atoms with E-state index in [4.69, 9.17) is 23.7 Å². The van der Waals surface area contributed by atoms with E-state index in [1.165, 1.54) is 0 Å². The summed E-state index contributed by atoms with van der Waals surface area (Å²) in [4.78, 5) is 50.7. The van der Waals surface area contributed by atoms with E-state index in [0.29, 0.717) is 12.8 Å². The van der Waals surface area contributed by atoms with Crippen molar-refractivity contribution in [3.63, 3.8) is 0 Å². The standard InChI is InChI=1S/C29H40O9/c1-7-35-24(32)37-17-22(31)29(38-25(33)36-8-2)14-12-20-21-10-9-18-15-19(30)11-13-26(18,3)28(21,5)23(34-6)16-27(20,29)4/h11,13,15,20-21,23H,7-10,12,14,16-17H2,1-6H3. The Balaban J connectivity index is 1.76. The number of carbonyl (C=O) groups is 4. The molecule has 0 amide bonds. The number of fused-ring (bicyclic) bond motifs is 5. The maximum atomic E-state index is 13.9. The molecule has 9 nitrogen and oxygen atoms in total. The van der Waals surface area contributed by atoms with Gasteiger partial charge in [0.15, 0.2) is 18.0 Å². The zero-order valence-electron chi connectivity index (χ0n) is 23.3. The number of rotatable bonds is 7. The number of ether oxygens (including phenoxy) is 5. The molecule has 0 aromatic carbocycles. The van der Waals surface area contributed by atoms with Crippen molar-refractivity contribution in [2.24, 2.45) is 28.1 Å². The summed E-state index contributed by atoms with van der Waals surface area (Å²) < 4.78 is 27.2. The summed E-state index contributed by atoms with van der Waals surface area (Å²) in [5.74, 6) is -0.348. The third-order valence-corrected chi connectivity index (χ3v) is 10.3. The van der Waals surface area contributed by atoms with Gasteiger partial charge in [0.1, 0.15) is 0 Å². The van der Waals surface area contributed by atoms with Gasteiger partial charge in [0.25, 0.3) is 0 Å². The van der Waals surface area contributed by atoms with Crippen LogP contribution in [0.4, 0.5) is 9.59 Å². The minimum atomic E-state index is -1.55. The number of carbonyl (C=O) groups excluding carboxylic acids is 4. The molecule has 4 aliphatic carbocycles. The monoisotopic (exact) mass is 532 g/mol. The van der Waals surface area contributed by atoms with Crippen LogP contribution in [0.5, 0.6) is 0 Å². The number of allylic oxidation sites excluding steroid dienone is 4. The van der Waals surface area contributed by atoms with E-state index in [9.17, 15) is 19.2 Å². The Bertz CT molecular complexity index is 1060. The van der Waals surface area contributed by atoms with Gasteiger partial charge in [-0.15, -0.1) is 0 Å². The molecule has 4 aliphatic rings. The first kappa shape index (κ1) is 28.3. The predicted molar refractivity (Wildman–Crippen MR) is 136 cm³/mol. The average Bonchev–Trinajstić information content (AvgIpc) is 3.15.